The molecule has 2 amide bonds. The summed E-state index contributed by atoms with van der Waals surface area (Å²) in [5, 5.41) is 3.37. The van der Waals surface area contributed by atoms with Crippen molar-refractivity contribution < 1.29 is 9.59 Å². The number of nitrogens with one attached hydrogen (secondary N) is 1. The summed E-state index contributed by atoms with van der Waals surface area (Å²) < 4.78 is 0. The third-order valence-corrected chi connectivity index (χ3v) is 5.09. The standard InChI is InChI=1S/C16H16N4O2S/c21-14(12-3-1-2-7-17-12)19-16-18-11-6-8-20(9-13(11)23-16)15(22)10-4-5-10/h1-3,7,10H,4-6,8-9H2,(H,18,19,21). The molecule has 7 heteroatoms. The van der Waals surface area contributed by atoms with E-state index in [1.807, 2.05) is 4.90 Å². The molecule has 0 atom stereocenters. The molecule has 6 nitrogen and oxygen atoms in total. The Morgan fingerprint density at radius 1 is 1.30 bits per heavy atom. The lowest BCUT2D eigenvalue weighted by atomic mass is 10.1. The summed E-state index contributed by atoms with van der Waals surface area (Å²) in [6.07, 6.45) is 4.39. The number of fused-ring (bicyclic) bond motifs is 1. The molecule has 1 N–H and O–H groups in total. The first-order valence-corrected chi connectivity index (χ1v) is 8.52. The van der Waals surface area contributed by atoms with Gasteiger partial charge in [0.05, 0.1) is 12.2 Å². The predicted molar refractivity (Wildman–Crippen MR) is 86.1 cm³/mol. The molecule has 118 valence electrons. The fourth-order valence-corrected chi connectivity index (χ4v) is 3.70. The minimum absolute atomic E-state index is 0.243. The molecule has 1 aliphatic carbocycles. The zero-order valence-electron chi connectivity index (χ0n) is 12.5. The van der Waals surface area contributed by atoms with Crippen LogP contribution in [0.25, 0.3) is 0 Å². The van der Waals surface area contributed by atoms with E-state index in [9.17, 15) is 9.59 Å². The molecule has 0 saturated heterocycles. The minimum atomic E-state index is -0.261. The second-order valence-corrected chi connectivity index (χ2v) is 6.93. The molecular weight excluding hydrogens is 312 g/mol. The lowest BCUT2D eigenvalue weighted by Gasteiger charge is -2.26. The first-order chi connectivity index (χ1) is 11.2. The highest BCUT2D eigenvalue weighted by atomic mass is 32.1. The Balaban J connectivity index is 1.46. The van der Waals surface area contributed by atoms with E-state index in [1.165, 1.54) is 11.3 Å². The van der Waals surface area contributed by atoms with Gasteiger partial charge in [0.1, 0.15) is 5.69 Å². The molecule has 1 saturated carbocycles. The molecule has 0 spiro atoms. The van der Waals surface area contributed by atoms with Crippen LogP contribution in [0.4, 0.5) is 5.13 Å². The second-order valence-electron chi connectivity index (χ2n) is 5.84. The normalized spacial score (nSPS) is 16.8. The quantitative estimate of drug-likeness (QED) is 0.936. The highest BCUT2D eigenvalue weighted by Gasteiger charge is 2.35. The molecular formula is C16H16N4O2S. The molecule has 0 aromatic carbocycles. The fraction of sp³-hybridized carbons (Fsp3) is 0.375. The monoisotopic (exact) mass is 328 g/mol. The van der Waals surface area contributed by atoms with Gasteiger partial charge in [0.25, 0.3) is 5.91 Å². The summed E-state index contributed by atoms with van der Waals surface area (Å²) in [4.78, 5) is 35.8. The van der Waals surface area contributed by atoms with Gasteiger partial charge in [-0.3, -0.25) is 19.9 Å². The lowest BCUT2D eigenvalue weighted by molar-refractivity contribution is -0.133. The van der Waals surface area contributed by atoms with Gasteiger partial charge in [-0.05, 0) is 25.0 Å². The number of hydrogen-bond acceptors (Lipinski definition) is 5. The Morgan fingerprint density at radius 2 is 2.17 bits per heavy atom. The Labute approximate surface area is 137 Å². The molecule has 0 radical (unpaired) electrons. The first kappa shape index (κ1) is 14.3. The molecule has 3 heterocycles. The van der Waals surface area contributed by atoms with Crippen LogP contribution in [-0.2, 0) is 17.8 Å². The summed E-state index contributed by atoms with van der Waals surface area (Å²) in [5.41, 5.74) is 1.36. The van der Waals surface area contributed by atoms with Gasteiger partial charge in [0.15, 0.2) is 5.13 Å². The van der Waals surface area contributed by atoms with Crippen molar-refractivity contribution in [1.82, 2.24) is 14.9 Å². The van der Waals surface area contributed by atoms with E-state index < -0.39 is 0 Å². The Kier molecular flexibility index (Phi) is 3.57. The van der Waals surface area contributed by atoms with E-state index in [-0.39, 0.29) is 17.7 Å². The molecule has 23 heavy (non-hydrogen) atoms. The summed E-state index contributed by atoms with van der Waals surface area (Å²) in [7, 11) is 0. The van der Waals surface area contributed by atoms with E-state index in [2.05, 4.69) is 15.3 Å². The highest BCUT2D eigenvalue weighted by Crippen LogP contribution is 2.34. The van der Waals surface area contributed by atoms with Crippen molar-refractivity contribution in [3.63, 3.8) is 0 Å². The van der Waals surface area contributed by atoms with Gasteiger partial charge in [0, 0.05) is 30.0 Å². The molecule has 1 aliphatic heterocycles. The van der Waals surface area contributed by atoms with Crippen LogP contribution in [-0.4, -0.2) is 33.2 Å². The Bertz CT molecular complexity index is 755. The van der Waals surface area contributed by atoms with Crippen molar-refractivity contribution in [1.29, 1.82) is 0 Å². The van der Waals surface area contributed by atoms with Crippen LogP contribution in [0.2, 0.25) is 0 Å². The molecule has 2 aliphatic rings. The highest BCUT2D eigenvalue weighted by molar-refractivity contribution is 7.15. The molecule has 0 unspecified atom stereocenters. The number of pyridine rings is 1. The maximum Gasteiger partial charge on any atom is 0.276 e. The van der Waals surface area contributed by atoms with Crippen LogP contribution in [0, 0.1) is 5.92 Å². The summed E-state index contributed by atoms with van der Waals surface area (Å²) >= 11 is 1.45. The van der Waals surface area contributed by atoms with Gasteiger partial charge in [-0.1, -0.05) is 17.4 Å². The van der Waals surface area contributed by atoms with Crippen molar-refractivity contribution in [2.45, 2.75) is 25.8 Å². The van der Waals surface area contributed by atoms with E-state index >= 15 is 0 Å². The summed E-state index contributed by atoms with van der Waals surface area (Å²) in [6.45, 7) is 1.33. The van der Waals surface area contributed by atoms with Crippen LogP contribution in [0.3, 0.4) is 0 Å². The van der Waals surface area contributed by atoms with Crippen molar-refractivity contribution in [3.8, 4) is 0 Å². The fourth-order valence-electron chi connectivity index (χ4n) is 2.68. The lowest BCUT2D eigenvalue weighted by Crippen LogP contribution is -2.36. The number of aromatic nitrogens is 2. The molecule has 2 aromatic rings. The number of hydrogen-bond donors (Lipinski definition) is 1. The molecule has 2 aromatic heterocycles. The summed E-state index contributed by atoms with van der Waals surface area (Å²) in [6, 6.07) is 5.21. The van der Waals surface area contributed by atoms with E-state index in [0.29, 0.717) is 17.4 Å². The van der Waals surface area contributed by atoms with Gasteiger partial charge >= 0.3 is 0 Å². The van der Waals surface area contributed by atoms with Crippen LogP contribution >= 0.6 is 11.3 Å². The third-order valence-electron chi connectivity index (χ3n) is 4.09. The largest absolute Gasteiger partial charge is 0.337 e. The van der Waals surface area contributed by atoms with E-state index in [4.69, 9.17) is 0 Å². The van der Waals surface area contributed by atoms with Gasteiger partial charge in [-0.2, -0.15) is 0 Å². The Hall–Kier alpha value is -2.28. The first-order valence-electron chi connectivity index (χ1n) is 7.70. The molecule has 0 bridgehead atoms. The van der Waals surface area contributed by atoms with Crippen molar-refractivity contribution in [2.75, 3.05) is 11.9 Å². The zero-order valence-corrected chi connectivity index (χ0v) is 13.3. The van der Waals surface area contributed by atoms with Crippen molar-refractivity contribution >= 4 is 28.3 Å². The average molecular weight is 328 g/mol. The number of rotatable bonds is 3. The van der Waals surface area contributed by atoms with Crippen LogP contribution in [0.1, 0.15) is 33.9 Å². The SMILES string of the molecule is O=C(Nc1nc2c(s1)CN(C(=O)C1CC1)CC2)c1ccccn1. The maximum absolute atomic E-state index is 12.2. The summed E-state index contributed by atoms with van der Waals surface area (Å²) in [5.74, 6) is 0.249. The Morgan fingerprint density at radius 3 is 2.91 bits per heavy atom. The number of nitrogens with zero attached hydrogens (tertiary/aromatic N) is 3. The number of carbonyl (C=O) groups excluding carboxylic acids is 2. The van der Waals surface area contributed by atoms with Gasteiger partial charge < -0.3 is 4.90 Å². The topological polar surface area (TPSA) is 75.2 Å². The van der Waals surface area contributed by atoms with Crippen LogP contribution in [0.5, 0.6) is 0 Å². The van der Waals surface area contributed by atoms with Crippen LogP contribution in [0.15, 0.2) is 24.4 Å². The van der Waals surface area contributed by atoms with E-state index in [0.717, 1.165) is 36.4 Å². The minimum Gasteiger partial charge on any atom is -0.337 e. The predicted octanol–water partition coefficient (Wildman–Crippen LogP) is 2.09. The number of anilines is 1. The van der Waals surface area contributed by atoms with Crippen molar-refractivity contribution in [3.05, 3.63) is 40.7 Å². The average Bonchev–Trinajstić information content (AvgIpc) is 3.35. The zero-order chi connectivity index (χ0) is 15.8. The molecule has 4 rings (SSSR count). The van der Waals surface area contributed by atoms with Gasteiger partial charge in [-0.25, -0.2) is 4.98 Å². The second kappa shape index (κ2) is 5.73. The maximum atomic E-state index is 12.2. The smallest absolute Gasteiger partial charge is 0.276 e. The van der Waals surface area contributed by atoms with Crippen LogP contribution < -0.4 is 5.32 Å². The van der Waals surface area contributed by atoms with Gasteiger partial charge in [-0.15, -0.1) is 0 Å². The van der Waals surface area contributed by atoms with Gasteiger partial charge in [0.2, 0.25) is 5.91 Å². The molecule has 1 fully saturated rings. The third kappa shape index (κ3) is 2.96. The van der Waals surface area contributed by atoms with Crippen molar-refractivity contribution in [2.24, 2.45) is 5.92 Å². The number of amides is 2. The number of thiazole rings is 1. The van der Waals surface area contributed by atoms with E-state index in [1.54, 1.807) is 24.4 Å². The number of carbonyl (C=O) groups is 2.